The maximum Gasteiger partial charge on any atom is 0.492 e. The minimum absolute atomic E-state index is 0.429. The zero-order valence-electron chi connectivity index (χ0n) is 12.3. The molecule has 4 heteroatoms. The van der Waals surface area contributed by atoms with Crippen LogP contribution in [0.5, 0.6) is 5.75 Å². The highest BCUT2D eigenvalue weighted by atomic mass is 16.5. The molecule has 0 amide bonds. The maximum atomic E-state index is 9.36. The lowest BCUT2D eigenvalue weighted by Crippen LogP contribution is -2.31. The van der Waals surface area contributed by atoms with Gasteiger partial charge in [-0.3, -0.25) is 0 Å². The smallest absolute Gasteiger partial charge is 0.492 e. The van der Waals surface area contributed by atoms with Gasteiger partial charge in [-0.15, -0.1) is 0 Å². The number of ether oxygens (including phenoxy) is 1. The molecule has 0 saturated carbocycles. The first kappa shape index (κ1) is 15.6. The molecule has 0 aromatic heterocycles. The van der Waals surface area contributed by atoms with Crippen molar-refractivity contribution in [3.63, 3.8) is 0 Å². The largest absolute Gasteiger partial charge is 0.494 e. The van der Waals surface area contributed by atoms with E-state index in [1.807, 2.05) is 31.2 Å². The number of benzene rings is 2. The molecule has 0 unspecified atom stereocenters. The second-order valence-corrected chi connectivity index (χ2v) is 5.21. The first-order chi connectivity index (χ1) is 10.2. The SMILES string of the molecule is Cc1ccc(OCCCCc2ccccc2)c(B(O)O)c1. The summed E-state index contributed by atoms with van der Waals surface area (Å²) in [4.78, 5) is 0. The van der Waals surface area contributed by atoms with Crippen LogP contribution in [0.3, 0.4) is 0 Å². The molecule has 3 nitrogen and oxygen atoms in total. The standard InChI is InChI=1S/C17H21BO3/c1-14-10-11-17(16(13-14)18(19)20)21-12-6-5-9-15-7-3-2-4-8-15/h2-4,7-8,10-11,13,19-20H,5-6,9,12H2,1H3. The van der Waals surface area contributed by atoms with Gasteiger partial charge in [0.2, 0.25) is 0 Å². The fourth-order valence-corrected chi connectivity index (χ4v) is 2.26. The molecule has 21 heavy (non-hydrogen) atoms. The van der Waals surface area contributed by atoms with Crippen molar-refractivity contribution in [3.8, 4) is 5.75 Å². The van der Waals surface area contributed by atoms with Crippen LogP contribution in [0, 0.1) is 6.92 Å². The summed E-state index contributed by atoms with van der Waals surface area (Å²) >= 11 is 0. The van der Waals surface area contributed by atoms with Crippen LogP contribution in [0.25, 0.3) is 0 Å². The Bertz CT molecular complexity index is 555. The number of hydrogen-bond donors (Lipinski definition) is 2. The minimum Gasteiger partial charge on any atom is -0.494 e. The lowest BCUT2D eigenvalue weighted by molar-refractivity contribution is 0.307. The number of aryl methyl sites for hydroxylation is 2. The molecule has 0 atom stereocenters. The first-order valence-corrected chi connectivity index (χ1v) is 7.30. The van der Waals surface area contributed by atoms with Crippen LogP contribution < -0.4 is 10.2 Å². The topological polar surface area (TPSA) is 49.7 Å². The van der Waals surface area contributed by atoms with Crippen LogP contribution in [0.1, 0.15) is 24.0 Å². The molecule has 0 aliphatic heterocycles. The molecular formula is C17H21BO3. The number of unbranched alkanes of at least 4 members (excludes halogenated alkanes) is 1. The number of rotatable bonds is 7. The van der Waals surface area contributed by atoms with Crippen molar-refractivity contribution in [2.75, 3.05) is 6.61 Å². The van der Waals surface area contributed by atoms with Gasteiger partial charge in [0.05, 0.1) is 6.61 Å². The quantitative estimate of drug-likeness (QED) is 0.604. The van der Waals surface area contributed by atoms with Crippen molar-refractivity contribution in [2.24, 2.45) is 0 Å². The van der Waals surface area contributed by atoms with E-state index < -0.39 is 7.12 Å². The molecule has 0 aliphatic carbocycles. The predicted octanol–water partition coefficient (Wildman–Crippen LogP) is 2.08. The molecule has 0 aliphatic rings. The van der Waals surface area contributed by atoms with Gasteiger partial charge >= 0.3 is 7.12 Å². The van der Waals surface area contributed by atoms with Gasteiger partial charge in [-0.05, 0) is 37.8 Å². The molecule has 0 bridgehead atoms. The van der Waals surface area contributed by atoms with Crippen molar-refractivity contribution >= 4 is 12.6 Å². The average Bonchev–Trinajstić information content (AvgIpc) is 2.49. The number of hydrogen-bond acceptors (Lipinski definition) is 3. The lowest BCUT2D eigenvalue weighted by Gasteiger charge is -2.12. The van der Waals surface area contributed by atoms with Crippen LogP contribution >= 0.6 is 0 Å². The summed E-state index contributed by atoms with van der Waals surface area (Å²) in [6, 6.07) is 15.8. The zero-order valence-corrected chi connectivity index (χ0v) is 12.3. The van der Waals surface area contributed by atoms with Gasteiger partial charge in [-0.25, -0.2) is 0 Å². The van der Waals surface area contributed by atoms with Gasteiger partial charge in [0.25, 0.3) is 0 Å². The fraction of sp³-hybridized carbons (Fsp3) is 0.294. The van der Waals surface area contributed by atoms with Crippen LogP contribution in [-0.4, -0.2) is 23.8 Å². The van der Waals surface area contributed by atoms with E-state index >= 15 is 0 Å². The third-order valence-electron chi connectivity index (χ3n) is 3.40. The highest BCUT2D eigenvalue weighted by molar-refractivity contribution is 6.59. The summed E-state index contributed by atoms with van der Waals surface area (Å²) in [5.41, 5.74) is 2.74. The summed E-state index contributed by atoms with van der Waals surface area (Å²) in [5.74, 6) is 0.551. The van der Waals surface area contributed by atoms with Gasteiger partial charge in [0.1, 0.15) is 5.75 Å². The molecule has 0 fully saturated rings. The lowest BCUT2D eigenvalue weighted by atomic mass is 9.79. The Morgan fingerprint density at radius 3 is 2.48 bits per heavy atom. The Balaban J connectivity index is 1.78. The average molecular weight is 284 g/mol. The zero-order chi connectivity index (χ0) is 15.1. The van der Waals surface area contributed by atoms with Crippen molar-refractivity contribution in [1.82, 2.24) is 0 Å². The molecular weight excluding hydrogens is 263 g/mol. The molecule has 110 valence electrons. The highest BCUT2D eigenvalue weighted by Gasteiger charge is 2.17. The first-order valence-electron chi connectivity index (χ1n) is 7.30. The van der Waals surface area contributed by atoms with Crippen molar-refractivity contribution in [3.05, 3.63) is 59.7 Å². The summed E-state index contributed by atoms with van der Waals surface area (Å²) in [6.07, 6.45) is 3.02. The third kappa shape index (κ3) is 4.92. The van der Waals surface area contributed by atoms with Crippen molar-refractivity contribution in [2.45, 2.75) is 26.2 Å². The fourth-order valence-electron chi connectivity index (χ4n) is 2.26. The molecule has 0 saturated heterocycles. The maximum absolute atomic E-state index is 9.36. The molecule has 0 spiro atoms. The Kier molecular flexibility index (Phi) is 5.84. The van der Waals surface area contributed by atoms with E-state index in [0.29, 0.717) is 17.8 Å². The van der Waals surface area contributed by atoms with Crippen molar-refractivity contribution < 1.29 is 14.8 Å². The summed E-state index contributed by atoms with van der Waals surface area (Å²) in [6.45, 7) is 2.49. The van der Waals surface area contributed by atoms with Crippen LogP contribution in [0.2, 0.25) is 0 Å². The van der Waals surface area contributed by atoms with Gasteiger partial charge in [0.15, 0.2) is 0 Å². The highest BCUT2D eigenvalue weighted by Crippen LogP contribution is 2.11. The van der Waals surface area contributed by atoms with Crippen molar-refractivity contribution in [1.29, 1.82) is 0 Å². The van der Waals surface area contributed by atoms with Crippen LogP contribution in [-0.2, 0) is 6.42 Å². The second-order valence-electron chi connectivity index (χ2n) is 5.21. The molecule has 0 heterocycles. The summed E-state index contributed by atoms with van der Waals surface area (Å²) in [5, 5.41) is 18.7. The summed E-state index contributed by atoms with van der Waals surface area (Å²) < 4.78 is 5.67. The van der Waals surface area contributed by atoms with E-state index in [-0.39, 0.29) is 0 Å². The molecule has 2 aromatic rings. The molecule has 0 radical (unpaired) electrons. The monoisotopic (exact) mass is 284 g/mol. The van der Waals surface area contributed by atoms with Gasteiger partial charge in [-0.2, -0.15) is 0 Å². The van der Waals surface area contributed by atoms with E-state index in [4.69, 9.17) is 4.74 Å². The van der Waals surface area contributed by atoms with E-state index in [0.717, 1.165) is 24.8 Å². The molecule has 2 N–H and O–H groups in total. The molecule has 2 aromatic carbocycles. The third-order valence-corrected chi connectivity index (χ3v) is 3.40. The van der Waals surface area contributed by atoms with Crippen LogP contribution in [0.15, 0.2) is 48.5 Å². The minimum atomic E-state index is -1.50. The Labute approximate surface area is 126 Å². The normalized spacial score (nSPS) is 10.4. The van der Waals surface area contributed by atoms with Gasteiger partial charge < -0.3 is 14.8 Å². The predicted molar refractivity (Wildman–Crippen MR) is 85.9 cm³/mol. The Morgan fingerprint density at radius 2 is 1.76 bits per heavy atom. The second kappa shape index (κ2) is 7.86. The summed E-state index contributed by atoms with van der Waals surface area (Å²) in [7, 11) is -1.50. The van der Waals surface area contributed by atoms with E-state index in [1.165, 1.54) is 5.56 Å². The van der Waals surface area contributed by atoms with E-state index in [9.17, 15) is 10.0 Å². The van der Waals surface area contributed by atoms with Gasteiger partial charge in [-0.1, -0.05) is 48.0 Å². The Morgan fingerprint density at radius 1 is 1.00 bits per heavy atom. The molecule has 2 rings (SSSR count). The van der Waals surface area contributed by atoms with Crippen LogP contribution in [0.4, 0.5) is 0 Å². The van der Waals surface area contributed by atoms with E-state index in [2.05, 4.69) is 12.1 Å². The van der Waals surface area contributed by atoms with Gasteiger partial charge in [0, 0.05) is 5.46 Å². The Hall–Kier alpha value is -1.78. The van der Waals surface area contributed by atoms with E-state index in [1.54, 1.807) is 12.1 Å².